The number of hydrogen-bond donors (Lipinski definition) is 3. The second-order valence-corrected chi connectivity index (χ2v) is 7.10. The molecule has 0 spiro atoms. The topological polar surface area (TPSA) is 74.0 Å². The Bertz CT molecular complexity index is 1010. The number of aryl methyl sites for hydroxylation is 1. The van der Waals surface area contributed by atoms with Crippen molar-refractivity contribution in [1.82, 2.24) is 4.98 Å². The lowest BCUT2D eigenvalue weighted by molar-refractivity contribution is -0.117. The highest BCUT2D eigenvalue weighted by atomic mass is 16.2. The summed E-state index contributed by atoms with van der Waals surface area (Å²) in [6.45, 7) is 4.07. The highest BCUT2D eigenvalue weighted by Crippen LogP contribution is 2.38. The minimum absolute atomic E-state index is 0.0309. The van der Waals surface area contributed by atoms with E-state index in [1.54, 1.807) is 24.3 Å². The molecule has 2 aromatic carbocycles. The zero-order valence-corrected chi connectivity index (χ0v) is 14.8. The average molecular weight is 347 g/mol. The number of fused-ring (bicyclic) bond motifs is 1. The SMILES string of the molecule is Cc1cc2cc(NC(=O)c3cccc(NC(=O)[C@H]4C[C@@H]4C)c3)ccc2[nH]1. The first-order chi connectivity index (χ1) is 12.5. The third-order valence-electron chi connectivity index (χ3n) is 4.85. The highest BCUT2D eigenvalue weighted by molar-refractivity contribution is 6.06. The first kappa shape index (κ1) is 16.4. The third-order valence-corrected chi connectivity index (χ3v) is 4.85. The Labute approximate surface area is 151 Å². The van der Waals surface area contributed by atoms with Crippen LogP contribution in [0.5, 0.6) is 0 Å². The van der Waals surface area contributed by atoms with Crippen molar-refractivity contribution < 1.29 is 9.59 Å². The molecule has 1 saturated carbocycles. The van der Waals surface area contributed by atoms with Crippen molar-refractivity contribution in [3.05, 3.63) is 59.8 Å². The smallest absolute Gasteiger partial charge is 0.255 e. The van der Waals surface area contributed by atoms with E-state index in [1.165, 1.54) is 0 Å². The van der Waals surface area contributed by atoms with Crippen LogP contribution in [0.2, 0.25) is 0 Å². The molecule has 1 fully saturated rings. The zero-order chi connectivity index (χ0) is 18.3. The molecular weight excluding hydrogens is 326 g/mol. The molecule has 3 aromatic rings. The van der Waals surface area contributed by atoms with E-state index in [0.29, 0.717) is 17.2 Å². The van der Waals surface area contributed by atoms with Gasteiger partial charge in [0, 0.05) is 39.5 Å². The predicted molar refractivity (Wildman–Crippen MR) is 103 cm³/mol. The van der Waals surface area contributed by atoms with Crippen LogP contribution >= 0.6 is 0 Å². The Balaban J connectivity index is 1.48. The van der Waals surface area contributed by atoms with E-state index in [0.717, 1.165) is 28.7 Å². The molecular formula is C21H21N3O2. The largest absolute Gasteiger partial charge is 0.359 e. The standard InChI is InChI=1S/C21H21N3O2/c1-12-8-18(12)21(26)24-16-5-3-4-14(10-16)20(25)23-17-6-7-19-15(11-17)9-13(2)22-19/h3-7,9-12,18,22H,8H2,1-2H3,(H,23,25)(H,24,26)/t12-,18-/m0/s1. The van der Waals surface area contributed by atoms with Gasteiger partial charge in [0.25, 0.3) is 5.91 Å². The van der Waals surface area contributed by atoms with Crippen molar-refractivity contribution >= 4 is 34.1 Å². The Hall–Kier alpha value is -3.08. The van der Waals surface area contributed by atoms with Gasteiger partial charge in [-0.25, -0.2) is 0 Å². The Morgan fingerprint density at radius 1 is 1.04 bits per heavy atom. The van der Waals surface area contributed by atoms with Crippen LogP contribution in [0.25, 0.3) is 10.9 Å². The summed E-state index contributed by atoms with van der Waals surface area (Å²) < 4.78 is 0. The molecule has 1 aliphatic rings. The maximum absolute atomic E-state index is 12.6. The van der Waals surface area contributed by atoms with Gasteiger partial charge in [0.1, 0.15) is 0 Å². The maximum Gasteiger partial charge on any atom is 0.255 e. The number of aromatic amines is 1. The summed E-state index contributed by atoms with van der Waals surface area (Å²) in [5, 5.41) is 6.87. The summed E-state index contributed by atoms with van der Waals surface area (Å²) in [4.78, 5) is 27.9. The molecule has 5 nitrogen and oxygen atoms in total. The molecule has 2 amide bonds. The number of carbonyl (C=O) groups is 2. The molecule has 0 saturated heterocycles. The van der Waals surface area contributed by atoms with Crippen LogP contribution in [0.15, 0.2) is 48.5 Å². The molecule has 26 heavy (non-hydrogen) atoms. The molecule has 2 atom stereocenters. The first-order valence-corrected chi connectivity index (χ1v) is 8.81. The van der Waals surface area contributed by atoms with E-state index in [9.17, 15) is 9.59 Å². The number of nitrogens with one attached hydrogen (secondary N) is 3. The molecule has 132 valence electrons. The van der Waals surface area contributed by atoms with Crippen molar-refractivity contribution in [2.75, 3.05) is 10.6 Å². The Kier molecular flexibility index (Phi) is 3.99. The molecule has 0 bridgehead atoms. The van der Waals surface area contributed by atoms with Crippen LogP contribution in [-0.2, 0) is 4.79 Å². The van der Waals surface area contributed by atoms with Crippen LogP contribution in [0.3, 0.4) is 0 Å². The molecule has 1 heterocycles. The van der Waals surface area contributed by atoms with Gasteiger partial charge in [0.2, 0.25) is 5.91 Å². The van der Waals surface area contributed by atoms with Gasteiger partial charge in [-0.1, -0.05) is 13.0 Å². The minimum Gasteiger partial charge on any atom is -0.359 e. The van der Waals surface area contributed by atoms with Gasteiger partial charge >= 0.3 is 0 Å². The number of amides is 2. The number of H-pyrrole nitrogens is 1. The van der Waals surface area contributed by atoms with E-state index in [-0.39, 0.29) is 17.7 Å². The van der Waals surface area contributed by atoms with Gasteiger partial charge in [-0.2, -0.15) is 0 Å². The van der Waals surface area contributed by atoms with Crippen LogP contribution in [0.1, 0.15) is 29.4 Å². The minimum atomic E-state index is -0.201. The number of aromatic nitrogens is 1. The number of benzene rings is 2. The summed E-state index contributed by atoms with van der Waals surface area (Å²) in [5.74, 6) is 0.383. The summed E-state index contributed by atoms with van der Waals surface area (Å²) in [7, 11) is 0. The Morgan fingerprint density at radius 3 is 2.58 bits per heavy atom. The fourth-order valence-corrected chi connectivity index (χ4v) is 3.22. The summed E-state index contributed by atoms with van der Waals surface area (Å²) in [5.41, 5.74) is 4.02. The highest BCUT2D eigenvalue weighted by Gasteiger charge is 2.39. The fourth-order valence-electron chi connectivity index (χ4n) is 3.22. The second-order valence-electron chi connectivity index (χ2n) is 7.10. The lowest BCUT2D eigenvalue weighted by Gasteiger charge is -2.08. The van der Waals surface area contributed by atoms with Crippen LogP contribution in [-0.4, -0.2) is 16.8 Å². The lowest BCUT2D eigenvalue weighted by atomic mass is 10.1. The molecule has 4 rings (SSSR count). The van der Waals surface area contributed by atoms with Gasteiger partial charge in [0.05, 0.1) is 0 Å². The van der Waals surface area contributed by atoms with Gasteiger partial charge in [-0.3, -0.25) is 9.59 Å². The molecule has 1 aromatic heterocycles. The van der Waals surface area contributed by atoms with Gasteiger partial charge in [-0.05, 0) is 61.7 Å². The van der Waals surface area contributed by atoms with Crippen LogP contribution in [0, 0.1) is 18.8 Å². The summed E-state index contributed by atoms with van der Waals surface area (Å²) in [6.07, 6.45) is 0.938. The van der Waals surface area contributed by atoms with E-state index < -0.39 is 0 Å². The monoisotopic (exact) mass is 347 g/mol. The number of anilines is 2. The molecule has 5 heteroatoms. The van der Waals surface area contributed by atoms with Gasteiger partial charge in [0.15, 0.2) is 0 Å². The number of rotatable bonds is 4. The van der Waals surface area contributed by atoms with Crippen molar-refractivity contribution in [3.63, 3.8) is 0 Å². The van der Waals surface area contributed by atoms with E-state index in [1.807, 2.05) is 31.2 Å². The fraction of sp³-hybridized carbons (Fsp3) is 0.238. The van der Waals surface area contributed by atoms with Crippen molar-refractivity contribution in [3.8, 4) is 0 Å². The van der Waals surface area contributed by atoms with E-state index >= 15 is 0 Å². The second kappa shape index (κ2) is 6.33. The zero-order valence-electron chi connectivity index (χ0n) is 14.8. The van der Waals surface area contributed by atoms with Crippen molar-refractivity contribution in [1.29, 1.82) is 0 Å². The van der Waals surface area contributed by atoms with E-state index in [2.05, 4.69) is 22.5 Å². The van der Waals surface area contributed by atoms with Gasteiger partial charge in [-0.15, -0.1) is 0 Å². The van der Waals surface area contributed by atoms with Crippen molar-refractivity contribution in [2.45, 2.75) is 20.3 Å². The lowest BCUT2D eigenvalue weighted by Crippen LogP contribution is -2.16. The summed E-state index contributed by atoms with van der Waals surface area (Å²) >= 11 is 0. The first-order valence-electron chi connectivity index (χ1n) is 8.81. The summed E-state index contributed by atoms with van der Waals surface area (Å²) in [6, 6.07) is 14.8. The Morgan fingerprint density at radius 2 is 1.81 bits per heavy atom. The predicted octanol–water partition coefficient (Wildman–Crippen LogP) is 4.32. The quantitative estimate of drug-likeness (QED) is 0.657. The van der Waals surface area contributed by atoms with Crippen molar-refractivity contribution in [2.24, 2.45) is 11.8 Å². The van der Waals surface area contributed by atoms with Crippen LogP contribution in [0.4, 0.5) is 11.4 Å². The van der Waals surface area contributed by atoms with Gasteiger partial charge < -0.3 is 15.6 Å². The molecule has 1 aliphatic carbocycles. The number of carbonyl (C=O) groups excluding carboxylic acids is 2. The van der Waals surface area contributed by atoms with Crippen LogP contribution < -0.4 is 10.6 Å². The maximum atomic E-state index is 12.6. The molecule has 3 N–H and O–H groups in total. The number of hydrogen-bond acceptors (Lipinski definition) is 2. The van der Waals surface area contributed by atoms with E-state index in [4.69, 9.17) is 0 Å². The average Bonchev–Trinajstić information content (AvgIpc) is 3.22. The normalized spacial score (nSPS) is 18.5. The molecule has 0 aliphatic heterocycles. The molecule has 0 unspecified atom stereocenters. The molecule has 0 radical (unpaired) electrons. The third kappa shape index (κ3) is 3.33.